The van der Waals surface area contributed by atoms with Crippen LogP contribution in [0.2, 0.25) is 0 Å². The molecule has 0 unspecified atom stereocenters. The number of methoxy groups -OCH3 is 4. The van der Waals surface area contributed by atoms with E-state index in [4.69, 9.17) is 18.9 Å². The van der Waals surface area contributed by atoms with Gasteiger partial charge in [0.15, 0.2) is 23.0 Å². The van der Waals surface area contributed by atoms with Crippen molar-refractivity contribution in [3.05, 3.63) is 83.1 Å². The van der Waals surface area contributed by atoms with Crippen LogP contribution >= 0.6 is 0 Å². The maximum atomic E-state index is 11.5. The predicted molar refractivity (Wildman–Crippen MR) is 138 cm³/mol. The highest BCUT2D eigenvalue weighted by Gasteiger charge is 2.12. The molecule has 0 spiro atoms. The van der Waals surface area contributed by atoms with Gasteiger partial charge in [-0.2, -0.15) is 0 Å². The van der Waals surface area contributed by atoms with Gasteiger partial charge in [-0.05, 0) is 53.1 Å². The van der Waals surface area contributed by atoms with Gasteiger partial charge in [0.25, 0.3) is 0 Å². The van der Waals surface area contributed by atoms with Crippen LogP contribution in [0.15, 0.2) is 66.4 Å². The number of hydrogen-bond donors (Lipinski definition) is 2. The van der Waals surface area contributed by atoms with Crippen LogP contribution in [0.4, 0.5) is 5.69 Å². The van der Waals surface area contributed by atoms with E-state index in [0.717, 1.165) is 28.7 Å². The fourth-order valence-corrected chi connectivity index (χ4v) is 3.46. The van der Waals surface area contributed by atoms with Crippen LogP contribution in [0, 0.1) is 0 Å². The second-order valence-electron chi connectivity index (χ2n) is 7.58. The molecule has 35 heavy (non-hydrogen) atoms. The van der Waals surface area contributed by atoms with Crippen LogP contribution in [-0.4, -0.2) is 39.8 Å². The number of carbonyl (C=O) groups excluding carboxylic acids is 1. The summed E-state index contributed by atoms with van der Waals surface area (Å²) in [7, 11) is 6.23. The number of hydrogen-bond acceptors (Lipinski definition) is 7. The third kappa shape index (κ3) is 6.57. The van der Waals surface area contributed by atoms with Gasteiger partial charge < -0.3 is 29.4 Å². The number of phenolic OH excluding ortho intramolecular Hbond substituents is 1. The van der Waals surface area contributed by atoms with Gasteiger partial charge in [-0.15, -0.1) is 0 Å². The number of anilines is 1. The highest BCUT2D eigenvalue weighted by Crippen LogP contribution is 2.38. The SMILES string of the molecule is COc1ccc(C/C(C=O)=C\Nc2ccc(/C=C\c3cc(OC)c(OC)c(OC)c3)cc2)cc1O. The molecule has 3 aromatic carbocycles. The molecule has 0 aliphatic heterocycles. The van der Waals surface area contributed by atoms with Crippen molar-refractivity contribution in [1.82, 2.24) is 0 Å². The average Bonchev–Trinajstić information content (AvgIpc) is 2.89. The Kier molecular flexibility index (Phi) is 8.78. The zero-order chi connectivity index (χ0) is 25.2. The first-order chi connectivity index (χ1) is 17.0. The number of benzene rings is 3. The number of allylic oxidation sites excluding steroid dienone is 1. The number of aldehydes is 1. The first kappa shape index (κ1) is 25.2. The monoisotopic (exact) mass is 475 g/mol. The van der Waals surface area contributed by atoms with E-state index in [2.05, 4.69) is 5.32 Å². The van der Waals surface area contributed by atoms with Crippen molar-refractivity contribution < 1.29 is 28.8 Å². The molecular formula is C28H29NO6. The number of phenols is 1. The molecule has 0 aliphatic carbocycles. The molecule has 0 aromatic heterocycles. The Morgan fingerprint density at radius 1 is 0.800 bits per heavy atom. The molecule has 7 heteroatoms. The van der Waals surface area contributed by atoms with E-state index in [9.17, 15) is 9.90 Å². The molecule has 0 saturated heterocycles. The fraction of sp³-hybridized carbons (Fsp3) is 0.179. The van der Waals surface area contributed by atoms with Gasteiger partial charge in [0.05, 0.1) is 28.4 Å². The van der Waals surface area contributed by atoms with Gasteiger partial charge in [-0.3, -0.25) is 4.79 Å². The molecule has 2 N–H and O–H groups in total. The quantitative estimate of drug-likeness (QED) is 0.220. The van der Waals surface area contributed by atoms with E-state index in [1.165, 1.54) is 7.11 Å². The molecule has 0 amide bonds. The molecule has 0 aliphatic rings. The zero-order valence-corrected chi connectivity index (χ0v) is 20.2. The maximum absolute atomic E-state index is 11.5. The molecule has 3 rings (SSSR count). The summed E-state index contributed by atoms with van der Waals surface area (Å²) in [5.41, 5.74) is 4.09. The molecule has 0 bridgehead atoms. The second-order valence-corrected chi connectivity index (χ2v) is 7.58. The van der Waals surface area contributed by atoms with Gasteiger partial charge in [-0.1, -0.05) is 30.4 Å². The Hall–Kier alpha value is -4.39. The Bertz CT molecular complexity index is 1190. The van der Waals surface area contributed by atoms with Crippen LogP contribution in [-0.2, 0) is 11.2 Å². The summed E-state index contributed by atoms with van der Waals surface area (Å²) in [5, 5.41) is 13.1. The third-order valence-corrected chi connectivity index (χ3v) is 5.29. The number of ether oxygens (including phenoxy) is 4. The molecule has 182 valence electrons. The summed E-state index contributed by atoms with van der Waals surface area (Å²) >= 11 is 0. The van der Waals surface area contributed by atoms with E-state index in [1.807, 2.05) is 54.6 Å². The van der Waals surface area contributed by atoms with Crippen LogP contribution in [0.3, 0.4) is 0 Å². The minimum atomic E-state index is 0.0402. The summed E-state index contributed by atoms with van der Waals surface area (Å²) in [6.45, 7) is 0. The Labute approximate surface area is 205 Å². The summed E-state index contributed by atoms with van der Waals surface area (Å²) in [6, 6.07) is 16.6. The van der Waals surface area contributed by atoms with Crippen molar-refractivity contribution in [3.63, 3.8) is 0 Å². The van der Waals surface area contributed by atoms with Crippen LogP contribution in [0.1, 0.15) is 16.7 Å². The smallest absolute Gasteiger partial charge is 0.203 e. The lowest BCUT2D eigenvalue weighted by Crippen LogP contribution is -1.97. The van der Waals surface area contributed by atoms with Gasteiger partial charge in [-0.25, -0.2) is 0 Å². The highest BCUT2D eigenvalue weighted by molar-refractivity contribution is 5.76. The maximum Gasteiger partial charge on any atom is 0.203 e. The van der Waals surface area contributed by atoms with E-state index in [0.29, 0.717) is 35.0 Å². The zero-order valence-electron chi connectivity index (χ0n) is 20.2. The van der Waals surface area contributed by atoms with Crippen molar-refractivity contribution in [2.45, 2.75) is 6.42 Å². The molecule has 3 aromatic rings. The Balaban J connectivity index is 1.67. The first-order valence-corrected chi connectivity index (χ1v) is 10.9. The van der Waals surface area contributed by atoms with Crippen molar-refractivity contribution in [2.24, 2.45) is 0 Å². The number of rotatable bonds is 11. The molecule has 0 radical (unpaired) electrons. The van der Waals surface area contributed by atoms with E-state index < -0.39 is 0 Å². The van der Waals surface area contributed by atoms with E-state index >= 15 is 0 Å². The summed E-state index contributed by atoms with van der Waals surface area (Å²) in [4.78, 5) is 11.5. The van der Waals surface area contributed by atoms with Gasteiger partial charge in [0.2, 0.25) is 5.75 Å². The first-order valence-electron chi connectivity index (χ1n) is 10.9. The number of nitrogens with one attached hydrogen (secondary N) is 1. The van der Waals surface area contributed by atoms with E-state index in [-0.39, 0.29) is 5.75 Å². The Morgan fingerprint density at radius 2 is 1.43 bits per heavy atom. The van der Waals surface area contributed by atoms with Crippen molar-refractivity contribution >= 4 is 24.1 Å². The van der Waals surface area contributed by atoms with Gasteiger partial charge >= 0.3 is 0 Å². The van der Waals surface area contributed by atoms with Crippen LogP contribution < -0.4 is 24.3 Å². The molecule has 7 nitrogen and oxygen atoms in total. The molecular weight excluding hydrogens is 446 g/mol. The minimum absolute atomic E-state index is 0.0402. The number of carbonyl (C=O) groups is 1. The molecule has 0 saturated carbocycles. The van der Waals surface area contributed by atoms with Crippen LogP contribution in [0.5, 0.6) is 28.7 Å². The third-order valence-electron chi connectivity index (χ3n) is 5.29. The number of aromatic hydroxyl groups is 1. The fourth-order valence-electron chi connectivity index (χ4n) is 3.46. The summed E-state index contributed by atoms with van der Waals surface area (Å²) in [5.74, 6) is 2.16. The van der Waals surface area contributed by atoms with Crippen molar-refractivity contribution in [2.75, 3.05) is 33.8 Å². The van der Waals surface area contributed by atoms with Crippen molar-refractivity contribution in [3.8, 4) is 28.7 Å². The normalized spacial score (nSPS) is 11.3. The molecule has 0 atom stereocenters. The van der Waals surface area contributed by atoms with E-state index in [1.54, 1.807) is 39.7 Å². The average molecular weight is 476 g/mol. The predicted octanol–water partition coefficient (Wildman–Crippen LogP) is 5.33. The summed E-state index contributed by atoms with van der Waals surface area (Å²) < 4.78 is 21.2. The highest BCUT2D eigenvalue weighted by atomic mass is 16.5. The second kappa shape index (κ2) is 12.2. The van der Waals surface area contributed by atoms with Gasteiger partial charge in [0, 0.05) is 23.9 Å². The van der Waals surface area contributed by atoms with Crippen LogP contribution in [0.25, 0.3) is 12.2 Å². The molecule has 0 fully saturated rings. The van der Waals surface area contributed by atoms with Gasteiger partial charge in [0.1, 0.15) is 6.29 Å². The molecule has 0 heterocycles. The lowest BCUT2D eigenvalue weighted by molar-refractivity contribution is -0.105. The minimum Gasteiger partial charge on any atom is -0.504 e. The topological polar surface area (TPSA) is 86.3 Å². The Morgan fingerprint density at radius 3 is 1.97 bits per heavy atom. The standard InChI is InChI=1S/C28H29NO6/c1-32-25-12-9-20(14-24(25)31)13-22(18-30)17-29-23-10-7-19(8-11-23)5-6-21-15-26(33-2)28(35-4)27(16-21)34-3/h5-12,14-18,29,31H,13H2,1-4H3/b6-5-,22-17+. The lowest BCUT2D eigenvalue weighted by Gasteiger charge is -2.12. The summed E-state index contributed by atoms with van der Waals surface area (Å²) in [6.07, 6.45) is 6.77. The lowest BCUT2D eigenvalue weighted by atomic mass is 10.1. The largest absolute Gasteiger partial charge is 0.504 e. The van der Waals surface area contributed by atoms with Crippen molar-refractivity contribution in [1.29, 1.82) is 0 Å².